The summed E-state index contributed by atoms with van der Waals surface area (Å²) in [5.74, 6) is -1.98. The minimum absolute atomic E-state index is 0.000256. The van der Waals surface area contributed by atoms with Gasteiger partial charge in [0.25, 0.3) is 0 Å². The molecule has 3 amide bonds. The van der Waals surface area contributed by atoms with Crippen LogP contribution in [0.4, 0.5) is 4.79 Å². The van der Waals surface area contributed by atoms with Gasteiger partial charge in [0.2, 0.25) is 5.91 Å². The Kier molecular flexibility index (Phi) is 4.36. The SMILES string of the molecule is CC1CCC(C(N)=O)CN1C(=O)N1C[C@H](O)C[C@H]1C(=O)O. The molecule has 0 aromatic rings. The molecule has 8 heteroatoms. The highest BCUT2D eigenvalue weighted by atomic mass is 16.4. The largest absolute Gasteiger partial charge is 0.480 e. The van der Waals surface area contributed by atoms with E-state index < -0.39 is 36.0 Å². The van der Waals surface area contributed by atoms with Gasteiger partial charge in [-0.2, -0.15) is 0 Å². The van der Waals surface area contributed by atoms with E-state index in [4.69, 9.17) is 10.8 Å². The van der Waals surface area contributed by atoms with Crippen molar-refractivity contribution in [2.75, 3.05) is 13.1 Å². The minimum Gasteiger partial charge on any atom is -0.480 e. The maximum absolute atomic E-state index is 12.6. The molecule has 0 aromatic carbocycles. The van der Waals surface area contributed by atoms with Crippen molar-refractivity contribution in [3.8, 4) is 0 Å². The van der Waals surface area contributed by atoms with E-state index in [1.54, 1.807) is 0 Å². The van der Waals surface area contributed by atoms with E-state index in [1.165, 1.54) is 9.80 Å². The van der Waals surface area contributed by atoms with Crippen molar-refractivity contribution in [3.05, 3.63) is 0 Å². The van der Waals surface area contributed by atoms with Gasteiger partial charge in [-0.15, -0.1) is 0 Å². The lowest BCUT2D eigenvalue weighted by atomic mass is 9.93. The topological polar surface area (TPSA) is 124 Å². The number of amides is 3. The number of carboxylic acid groups (broad SMARTS) is 1. The molecule has 118 valence electrons. The zero-order valence-corrected chi connectivity index (χ0v) is 11.9. The van der Waals surface area contributed by atoms with Crippen molar-refractivity contribution in [3.63, 3.8) is 0 Å². The molecule has 0 aromatic heterocycles. The molecule has 4 N–H and O–H groups in total. The van der Waals surface area contributed by atoms with Crippen molar-refractivity contribution in [2.24, 2.45) is 11.7 Å². The molecule has 8 nitrogen and oxygen atoms in total. The van der Waals surface area contributed by atoms with E-state index in [2.05, 4.69) is 0 Å². The Morgan fingerprint density at radius 2 is 1.81 bits per heavy atom. The molecule has 2 aliphatic rings. The summed E-state index contributed by atoms with van der Waals surface area (Å²) in [6.07, 6.45) is 0.475. The maximum Gasteiger partial charge on any atom is 0.326 e. The molecule has 0 spiro atoms. The maximum atomic E-state index is 12.6. The van der Waals surface area contributed by atoms with Gasteiger partial charge in [-0.25, -0.2) is 9.59 Å². The highest BCUT2D eigenvalue weighted by Gasteiger charge is 2.43. The van der Waals surface area contributed by atoms with Crippen molar-refractivity contribution >= 4 is 17.9 Å². The van der Waals surface area contributed by atoms with Crippen LogP contribution in [0.15, 0.2) is 0 Å². The fourth-order valence-corrected chi connectivity index (χ4v) is 3.03. The monoisotopic (exact) mass is 299 g/mol. The van der Waals surface area contributed by atoms with Gasteiger partial charge in [-0.1, -0.05) is 0 Å². The zero-order valence-electron chi connectivity index (χ0n) is 11.9. The number of primary amides is 1. The molecule has 21 heavy (non-hydrogen) atoms. The fourth-order valence-electron chi connectivity index (χ4n) is 3.03. The number of nitrogens with zero attached hydrogens (tertiary/aromatic N) is 2. The summed E-state index contributed by atoms with van der Waals surface area (Å²) in [6, 6.07) is -1.55. The second-order valence-corrected chi connectivity index (χ2v) is 5.86. The van der Waals surface area contributed by atoms with Crippen LogP contribution in [0, 0.1) is 5.92 Å². The first kappa shape index (κ1) is 15.6. The number of hydrogen-bond acceptors (Lipinski definition) is 4. The number of aliphatic hydroxyl groups excluding tert-OH is 1. The van der Waals surface area contributed by atoms with Crippen LogP contribution >= 0.6 is 0 Å². The predicted molar refractivity (Wildman–Crippen MR) is 72.2 cm³/mol. The van der Waals surface area contributed by atoms with Crippen LogP contribution < -0.4 is 5.73 Å². The van der Waals surface area contributed by atoms with Gasteiger partial charge in [-0.05, 0) is 19.8 Å². The van der Waals surface area contributed by atoms with E-state index >= 15 is 0 Å². The molecule has 2 heterocycles. The molecular weight excluding hydrogens is 278 g/mol. The first-order valence-electron chi connectivity index (χ1n) is 7.08. The zero-order chi connectivity index (χ0) is 15.7. The number of aliphatic hydroxyl groups is 1. The highest BCUT2D eigenvalue weighted by molar-refractivity contribution is 5.84. The summed E-state index contributed by atoms with van der Waals surface area (Å²) in [5, 5.41) is 18.8. The molecule has 2 saturated heterocycles. The number of carbonyl (C=O) groups excluding carboxylic acids is 2. The summed E-state index contributed by atoms with van der Waals surface area (Å²) in [5.41, 5.74) is 5.30. The lowest BCUT2D eigenvalue weighted by Gasteiger charge is -2.39. The van der Waals surface area contributed by atoms with Gasteiger partial charge in [0.15, 0.2) is 0 Å². The number of nitrogens with two attached hydrogens (primary N) is 1. The second-order valence-electron chi connectivity index (χ2n) is 5.86. The van der Waals surface area contributed by atoms with Gasteiger partial charge < -0.3 is 25.7 Å². The number of urea groups is 1. The van der Waals surface area contributed by atoms with Gasteiger partial charge in [0.05, 0.1) is 12.0 Å². The molecule has 0 saturated carbocycles. The smallest absolute Gasteiger partial charge is 0.326 e. The lowest BCUT2D eigenvalue weighted by molar-refractivity contribution is -0.141. The lowest BCUT2D eigenvalue weighted by Crippen LogP contribution is -2.55. The first-order valence-corrected chi connectivity index (χ1v) is 7.08. The summed E-state index contributed by atoms with van der Waals surface area (Å²) in [4.78, 5) is 37.7. The number of carbonyl (C=O) groups is 3. The molecule has 2 unspecified atom stereocenters. The molecule has 0 bridgehead atoms. The highest BCUT2D eigenvalue weighted by Crippen LogP contribution is 2.26. The second kappa shape index (κ2) is 5.88. The van der Waals surface area contributed by atoms with Gasteiger partial charge in [-0.3, -0.25) is 4.79 Å². The predicted octanol–water partition coefficient (Wildman–Crippen LogP) is -0.788. The molecule has 2 fully saturated rings. The first-order chi connectivity index (χ1) is 9.81. The molecule has 0 aliphatic carbocycles. The Morgan fingerprint density at radius 1 is 1.14 bits per heavy atom. The van der Waals surface area contributed by atoms with Crippen LogP contribution in [-0.4, -0.2) is 69.2 Å². The Hall–Kier alpha value is -1.83. The van der Waals surface area contributed by atoms with Gasteiger partial charge in [0.1, 0.15) is 6.04 Å². The van der Waals surface area contributed by atoms with Crippen molar-refractivity contribution in [2.45, 2.75) is 44.4 Å². The average molecular weight is 299 g/mol. The Balaban J connectivity index is 2.13. The normalized spacial score (nSPS) is 33.0. The number of carboxylic acids is 1. The van der Waals surface area contributed by atoms with E-state index in [0.717, 1.165) is 0 Å². The summed E-state index contributed by atoms with van der Waals surface area (Å²) in [7, 11) is 0. The van der Waals surface area contributed by atoms with Crippen LogP contribution in [0.2, 0.25) is 0 Å². The van der Waals surface area contributed by atoms with Gasteiger partial charge >= 0.3 is 12.0 Å². The third-order valence-electron chi connectivity index (χ3n) is 4.34. The van der Waals surface area contributed by atoms with E-state index in [1.807, 2.05) is 6.92 Å². The summed E-state index contributed by atoms with van der Waals surface area (Å²) < 4.78 is 0. The Morgan fingerprint density at radius 3 is 2.38 bits per heavy atom. The standard InChI is InChI=1S/C13H21N3O5/c1-7-2-3-8(11(14)18)5-15(7)13(21)16-6-9(17)4-10(16)12(19)20/h7-10,17H,2-6H2,1H3,(H2,14,18)(H,19,20)/t7?,8?,9-,10+/m1/s1. The van der Waals surface area contributed by atoms with Crippen LogP contribution in [0.3, 0.4) is 0 Å². The van der Waals surface area contributed by atoms with E-state index in [0.29, 0.717) is 12.8 Å². The van der Waals surface area contributed by atoms with Crippen molar-refractivity contribution in [1.29, 1.82) is 0 Å². The number of likely N-dealkylation sites (tertiary alicyclic amines) is 2. The van der Waals surface area contributed by atoms with Crippen LogP contribution in [-0.2, 0) is 9.59 Å². The average Bonchev–Trinajstić information content (AvgIpc) is 2.80. The fraction of sp³-hybridized carbons (Fsp3) is 0.769. The van der Waals surface area contributed by atoms with Crippen LogP contribution in [0.5, 0.6) is 0 Å². The number of rotatable bonds is 2. The summed E-state index contributed by atoms with van der Waals surface area (Å²) in [6.45, 7) is 2.06. The van der Waals surface area contributed by atoms with E-state index in [9.17, 15) is 19.5 Å². The van der Waals surface area contributed by atoms with Gasteiger partial charge in [0, 0.05) is 25.6 Å². The number of β-amino-alcohol motifs (C(OH)–C–C–N with tert-alkyl or cyclic N) is 1. The molecule has 0 radical (unpaired) electrons. The summed E-state index contributed by atoms with van der Waals surface area (Å²) >= 11 is 0. The Bertz CT molecular complexity index is 455. The van der Waals surface area contributed by atoms with Crippen molar-refractivity contribution in [1.82, 2.24) is 9.80 Å². The molecule has 2 aliphatic heterocycles. The quantitative estimate of drug-likeness (QED) is 0.616. The third kappa shape index (κ3) is 3.10. The van der Waals surface area contributed by atoms with Crippen LogP contribution in [0.25, 0.3) is 0 Å². The molecule has 4 atom stereocenters. The van der Waals surface area contributed by atoms with Crippen LogP contribution in [0.1, 0.15) is 26.2 Å². The Labute approximate surface area is 122 Å². The third-order valence-corrected chi connectivity index (χ3v) is 4.34. The molecular formula is C13H21N3O5. The van der Waals surface area contributed by atoms with Crippen molar-refractivity contribution < 1.29 is 24.6 Å². The molecule has 2 rings (SSSR count). The number of hydrogen-bond donors (Lipinski definition) is 3. The minimum atomic E-state index is -1.13. The van der Waals surface area contributed by atoms with E-state index in [-0.39, 0.29) is 25.6 Å². The number of piperidine rings is 1. The number of aliphatic carboxylic acids is 1.